The lowest BCUT2D eigenvalue weighted by Crippen LogP contribution is -2.45. The van der Waals surface area contributed by atoms with Crippen molar-refractivity contribution in [1.82, 2.24) is 20.3 Å². The fraction of sp³-hybridized carbons (Fsp3) is 0.259. The molecule has 0 radical (unpaired) electrons. The molecule has 1 amide bonds. The average molecular weight is 486 g/mol. The van der Waals surface area contributed by atoms with Gasteiger partial charge in [-0.15, -0.1) is 12.6 Å². The van der Waals surface area contributed by atoms with Crippen molar-refractivity contribution < 1.29 is 9.53 Å². The van der Waals surface area contributed by atoms with Crippen LogP contribution in [-0.2, 0) is 11.3 Å². The van der Waals surface area contributed by atoms with Crippen LogP contribution >= 0.6 is 12.6 Å². The fourth-order valence-electron chi connectivity index (χ4n) is 4.32. The number of carbonyl (C=O) groups excluding carboxylic acids is 1. The minimum atomic E-state index is -0.169. The third-order valence-electron chi connectivity index (χ3n) is 5.91. The molecule has 0 bridgehead atoms. The number of carbonyl (C=O) groups is 1. The molecule has 5 rings (SSSR count). The van der Waals surface area contributed by atoms with Crippen LogP contribution in [0.4, 0.5) is 5.82 Å². The molecule has 2 atom stereocenters. The quantitative estimate of drug-likeness (QED) is 0.405. The van der Waals surface area contributed by atoms with E-state index in [4.69, 9.17) is 14.7 Å². The number of nitrogens with one attached hydrogen (secondary N) is 1. The Morgan fingerprint density at radius 2 is 1.80 bits per heavy atom. The van der Waals surface area contributed by atoms with Gasteiger partial charge in [-0.25, -0.2) is 9.97 Å². The third-order valence-corrected chi connectivity index (χ3v) is 6.19. The molecular weight excluding hydrogens is 458 g/mol. The molecule has 35 heavy (non-hydrogen) atoms. The molecule has 4 heterocycles. The van der Waals surface area contributed by atoms with Gasteiger partial charge in [-0.05, 0) is 62.4 Å². The second-order valence-corrected chi connectivity index (χ2v) is 9.36. The fourth-order valence-corrected chi connectivity index (χ4v) is 4.55. The van der Waals surface area contributed by atoms with Gasteiger partial charge in [0.2, 0.25) is 0 Å². The molecular formula is C27H27N5O2S. The molecule has 0 spiro atoms. The van der Waals surface area contributed by atoms with Crippen LogP contribution in [0.1, 0.15) is 29.9 Å². The Hall–Kier alpha value is -3.49. The standard InChI is InChI=1S/C27H27N5O2S/c1-17-15-32(16-18(2)34-17)26-8-4-7-23(31-26)24-10-9-20-13-28-21(12-25(20)30-24)14-29-27(33)19-5-3-6-22(35)11-19/h3-13,17-18,35H,14-16H2,1-2H3,(H,29,33). The van der Waals surface area contributed by atoms with E-state index in [-0.39, 0.29) is 18.1 Å². The van der Waals surface area contributed by atoms with Crippen molar-refractivity contribution in [3.8, 4) is 11.4 Å². The van der Waals surface area contributed by atoms with Crippen molar-refractivity contribution in [3.05, 3.63) is 78.1 Å². The summed E-state index contributed by atoms with van der Waals surface area (Å²) in [6, 6.07) is 19.0. The summed E-state index contributed by atoms with van der Waals surface area (Å²) in [4.78, 5) is 29.7. The number of anilines is 1. The highest BCUT2D eigenvalue weighted by Gasteiger charge is 2.23. The van der Waals surface area contributed by atoms with Gasteiger partial charge in [0.25, 0.3) is 5.91 Å². The first-order valence-corrected chi connectivity index (χ1v) is 12.1. The van der Waals surface area contributed by atoms with Gasteiger partial charge >= 0.3 is 0 Å². The lowest BCUT2D eigenvalue weighted by atomic mass is 10.1. The molecule has 2 unspecified atom stereocenters. The monoisotopic (exact) mass is 485 g/mol. The molecule has 1 saturated heterocycles. The predicted molar refractivity (Wildman–Crippen MR) is 140 cm³/mol. The van der Waals surface area contributed by atoms with E-state index in [9.17, 15) is 4.79 Å². The van der Waals surface area contributed by atoms with E-state index in [1.54, 1.807) is 24.4 Å². The molecule has 1 aliphatic rings. The zero-order chi connectivity index (χ0) is 24.4. The van der Waals surface area contributed by atoms with E-state index in [0.29, 0.717) is 12.1 Å². The highest BCUT2D eigenvalue weighted by Crippen LogP contribution is 2.24. The Labute approximate surface area is 210 Å². The number of aromatic nitrogens is 3. The van der Waals surface area contributed by atoms with Crippen LogP contribution in [-0.4, -0.2) is 46.2 Å². The number of pyridine rings is 3. The molecule has 0 saturated carbocycles. The van der Waals surface area contributed by atoms with Crippen LogP contribution in [0.5, 0.6) is 0 Å². The van der Waals surface area contributed by atoms with Crippen LogP contribution in [0.3, 0.4) is 0 Å². The number of amides is 1. The van der Waals surface area contributed by atoms with Crippen molar-refractivity contribution in [2.75, 3.05) is 18.0 Å². The predicted octanol–water partition coefficient (Wildman–Crippen LogP) is 4.52. The number of hydrogen-bond donors (Lipinski definition) is 2. The number of rotatable bonds is 5. The topological polar surface area (TPSA) is 80.2 Å². The maximum absolute atomic E-state index is 12.5. The van der Waals surface area contributed by atoms with Gasteiger partial charge in [0.05, 0.1) is 41.4 Å². The summed E-state index contributed by atoms with van der Waals surface area (Å²) in [6.07, 6.45) is 2.11. The molecule has 3 aromatic heterocycles. The lowest BCUT2D eigenvalue weighted by Gasteiger charge is -2.36. The van der Waals surface area contributed by atoms with E-state index in [0.717, 1.165) is 51.8 Å². The van der Waals surface area contributed by atoms with Gasteiger partial charge in [0, 0.05) is 35.1 Å². The van der Waals surface area contributed by atoms with E-state index in [1.165, 1.54) is 0 Å². The maximum Gasteiger partial charge on any atom is 0.251 e. The Kier molecular flexibility index (Phi) is 6.66. The maximum atomic E-state index is 12.5. The van der Waals surface area contributed by atoms with E-state index in [1.807, 2.05) is 42.5 Å². The average Bonchev–Trinajstić information content (AvgIpc) is 2.86. The Morgan fingerprint density at radius 1 is 1.03 bits per heavy atom. The molecule has 1 N–H and O–H groups in total. The lowest BCUT2D eigenvalue weighted by molar-refractivity contribution is -0.00545. The van der Waals surface area contributed by atoms with Crippen LogP contribution in [0.15, 0.2) is 71.8 Å². The minimum Gasteiger partial charge on any atom is -0.372 e. The molecule has 8 heteroatoms. The number of benzene rings is 1. The second-order valence-electron chi connectivity index (χ2n) is 8.84. The SMILES string of the molecule is CC1CN(c2cccc(-c3ccc4cnc(CNC(=O)c5cccc(S)c5)cc4n3)n2)CC(C)O1. The number of nitrogens with zero attached hydrogens (tertiary/aromatic N) is 4. The smallest absolute Gasteiger partial charge is 0.251 e. The van der Waals surface area contributed by atoms with E-state index in [2.05, 4.69) is 41.7 Å². The van der Waals surface area contributed by atoms with Gasteiger partial charge in [-0.3, -0.25) is 9.78 Å². The number of hydrogen-bond acceptors (Lipinski definition) is 7. The summed E-state index contributed by atoms with van der Waals surface area (Å²) in [6.45, 7) is 6.10. The van der Waals surface area contributed by atoms with Crippen LogP contribution in [0.2, 0.25) is 0 Å². The summed E-state index contributed by atoms with van der Waals surface area (Å²) in [5.41, 5.74) is 3.71. The highest BCUT2D eigenvalue weighted by atomic mass is 32.1. The molecule has 178 valence electrons. The normalized spacial score (nSPS) is 18.0. The van der Waals surface area contributed by atoms with Gasteiger partial charge in [-0.2, -0.15) is 0 Å². The Morgan fingerprint density at radius 3 is 2.60 bits per heavy atom. The van der Waals surface area contributed by atoms with Crippen molar-refractivity contribution >= 4 is 35.3 Å². The van der Waals surface area contributed by atoms with E-state index >= 15 is 0 Å². The molecule has 1 aromatic carbocycles. The molecule has 7 nitrogen and oxygen atoms in total. The third kappa shape index (κ3) is 5.44. The van der Waals surface area contributed by atoms with Crippen molar-refractivity contribution in [3.63, 3.8) is 0 Å². The largest absolute Gasteiger partial charge is 0.372 e. The second kappa shape index (κ2) is 10.0. The van der Waals surface area contributed by atoms with Crippen LogP contribution < -0.4 is 10.2 Å². The van der Waals surface area contributed by atoms with Gasteiger partial charge < -0.3 is 15.0 Å². The van der Waals surface area contributed by atoms with Crippen molar-refractivity contribution in [1.29, 1.82) is 0 Å². The number of fused-ring (bicyclic) bond motifs is 1. The number of thiol groups is 1. The van der Waals surface area contributed by atoms with Gasteiger partial charge in [0.15, 0.2) is 0 Å². The van der Waals surface area contributed by atoms with E-state index < -0.39 is 0 Å². The van der Waals surface area contributed by atoms with Crippen LogP contribution in [0.25, 0.3) is 22.3 Å². The summed E-state index contributed by atoms with van der Waals surface area (Å²) in [5, 5.41) is 3.84. The summed E-state index contributed by atoms with van der Waals surface area (Å²) in [7, 11) is 0. The first kappa shape index (κ1) is 23.3. The first-order valence-electron chi connectivity index (χ1n) is 11.7. The Bertz CT molecular complexity index is 1370. The Balaban J connectivity index is 1.35. The molecule has 1 fully saturated rings. The molecule has 0 aliphatic carbocycles. The van der Waals surface area contributed by atoms with Crippen molar-refractivity contribution in [2.24, 2.45) is 0 Å². The van der Waals surface area contributed by atoms with Crippen LogP contribution in [0, 0.1) is 0 Å². The van der Waals surface area contributed by atoms with Gasteiger partial charge in [0.1, 0.15) is 5.82 Å². The zero-order valence-electron chi connectivity index (χ0n) is 19.7. The molecule has 4 aromatic rings. The summed E-state index contributed by atoms with van der Waals surface area (Å²) < 4.78 is 5.86. The zero-order valence-corrected chi connectivity index (χ0v) is 20.6. The van der Waals surface area contributed by atoms with Gasteiger partial charge in [-0.1, -0.05) is 12.1 Å². The minimum absolute atomic E-state index is 0.163. The first-order chi connectivity index (χ1) is 16.9. The number of ether oxygens (including phenoxy) is 1. The van der Waals surface area contributed by atoms with Crippen molar-refractivity contribution in [2.45, 2.75) is 37.5 Å². The summed E-state index contributed by atoms with van der Waals surface area (Å²) >= 11 is 4.30. The highest BCUT2D eigenvalue weighted by molar-refractivity contribution is 7.80. The molecule has 1 aliphatic heterocycles. The summed E-state index contributed by atoms with van der Waals surface area (Å²) in [5.74, 6) is 0.757. The number of morpholine rings is 1.